The second-order valence-electron chi connectivity index (χ2n) is 5.97. The topological polar surface area (TPSA) is 20.2 Å². The van der Waals surface area contributed by atoms with Gasteiger partial charge in [-0.05, 0) is 54.4 Å². The van der Waals surface area contributed by atoms with E-state index in [0.29, 0.717) is 24.3 Å². The number of hydrogen-bond donors (Lipinski definition) is 1. The third-order valence-electron chi connectivity index (χ3n) is 4.46. The molecule has 2 unspecified atom stereocenters. The summed E-state index contributed by atoms with van der Waals surface area (Å²) in [5.74, 6) is 0.178. The van der Waals surface area contributed by atoms with Gasteiger partial charge in [0.25, 0.3) is 0 Å². The van der Waals surface area contributed by atoms with Gasteiger partial charge in [-0.1, -0.05) is 42.5 Å². The summed E-state index contributed by atoms with van der Waals surface area (Å²) in [6, 6.07) is 15.2. The molecule has 0 aliphatic heterocycles. The SMILES string of the molecule is OC(Cc1ccccc1F)CC1CCCc2ccccc21. The molecule has 0 saturated carbocycles. The van der Waals surface area contributed by atoms with Crippen LogP contribution in [-0.2, 0) is 12.8 Å². The van der Waals surface area contributed by atoms with Gasteiger partial charge in [0.1, 0.15) is 5.82 Å². The molecule has 2 aromatic carbocycles. The van der Waals surface area contributed by atoms with E-state index in [2.05, 4.69) is 24.3 Å². The lowest BCUT2D eigenvalue weighted by molar-refractivity contribution is 0.151. The molecule has 3 rings (SSSR count). The smallest absolute Gasteiger partial charge is 0.126 e. The Labute approximate surface area is 125 Å². The number of hydrogen-bond acceptors (Lipinski definition) is 1. The normalized spacial score (nSPS) is 19.0. The minimum atomic E-state index is -0.488. The van der Waals surface area contributed by atoms with Crippen LogP contribution in [0.4, 0.5) is 4.39 Å². The van der Waals surface area contributed by atoms with Crippen molar-refractivity contribution in [1.29, 1.82) is 0 Å². The zero-order valence-electron chi connectivity index (χ0n) is 12.1. The van der Waals surface area contributed by atoms with Crippen LogP contribution in [-0.4, -0.2) is 11.2 Å². The predicted molar refractivity (Wildman–Crippen MR) is 82.8 cm³/mol. The van der Waals surface area contributed by atoms with Gasteiger partial charge >= 0.3 is 0 Å². The monoisotopic (exact) mass is 284 g/mol. The molecule has 0 fully saturated rings. The van der Waals surface area contributed by atoms with E-state index in [1.165, 1.54) is 23.6 Å². The molecular weight excluding hydrogens is 263 g/mol. The third kappa shape index (κ3) is 3.33. The second kappa shape index (κ2) is 6.40. The van der Waals surface area contributed by atoms with Gasteiger partial charge in [-0.15, -0.1) is 0 Å². The molecule has 0 aromatic heterocycles. The van der Waals surface area contributed by atoms with Crippen LogP contribution in [0.3, 0.4) is 0 Å². The Morgan fingerprint density at radius 1 is 1.10 bits per heavy atom. The van der Waals surface area contributed by atoms with Gasteiger partial charge in [-0.25, -0.2) is 4.39 Å². The maximum Gasteiger partial charge on any atom is 0.126 e. The average Bonchev–Trinajstić information content (AvgIpc) is 2.50. The molecule has 1 aliphatic rings. The van der Waals surface area contributed by atoms with Crippen molar-refractivity contribution < 1.29 is 9.50 Å². The molecule has 0 amide bonds. The molecule has 1 nitrogen and oxygen atoms in total. The number of aryl methyl sites for hydroxylation is 1. The molecule has 21 heavy (non-hydrogen) atoms. The number of fused-ring (bicyclic) bond motifs is 1. The van der Waals surface area contributed by atoms with Crippen LogP contribution in [0.5, 0.6) is 0 Å². The van der Waals surface area contributed by atoms with Gasteiger partial charge in [-0.3, -0.25) is 0 Å². The Kier molecular flexibility index (Phi) is 4.35. The first-order chi connectivity index (χ1) is 10.2. The van der Waals surface area contributed by atoms with Crippen molar-refractivity contribution in [1.82, 2.24) is 0 Å². The Hall–Kier alpha value is -1.67. The van der Waals surface area contributed by atoms with Crippen LogP contribution in [0.15, 0.2) is 48.5 Å². The lowest BCUT2D eigenvalue weighted by atomic mass is 9.79. The van der Waals surface area contributed by atoms with Crippen molar-refractivity contribution >= 4 is 0 Å². The quantitative estimate of drug-likeness (QED) is 0.890. The number of aliphatic hydroxyl groups is 1. The van der Waals surface area contributed by atoms with Crippen molar-refractivity contribution in [3.05, 3.63) is 71.0 Å². The van der Waals surface area contributed by atoms with Crippen LogP contribution in [0.25, 0.3) is 0 Å². The van der Waals surface area contributed by atoms with Gasteiger partial charge in [0.15, 0.2) is 0 Å². The van der Waals surface area contributed by atoms with E-state index in [1.54, 1.807) is 12.1 Å². The van der Waals surface area contributed by atoms with Crippen molar-refractivity contribution in [2.45, 2.75) is 44.1 Å². The highest BCUT2D eigenvalue weighted by atomic mass is 19.1. The first kappa shape index (κ1) is 14.3. The molecule has 1 aliphatic carbocycles. The highest BCUT2D eigenvalue weighted by Gasteiger charge is 2.22. The van der Waals surface area contributed by atoms with E-state index in [0.717, 1.165) is 12.8 Å². The predicted octanol–water partition coefficient (Wildman–Crippen LogP) is 4.24. The van der Waals surface area contributed by atoms with Crippen LogP contribution < -0.4 is 0 Å². The molecule has 2 aromatic rings. The van der Waals surface area contributed by atoms with Gasteiger partial charge < -0.3 is 5.11 Å². The summed E-state index contributed by atoms with van der Waals surface area (Å²) >= 11 is 0. The lowest BCUT2D eigenvalue weighted by Gasteiger charge is -2.27. The zero-order valence-corrected chi connectivity index (χ0v) is 12.1. The van der Waals surface area contributed by atoms with E-state index in [-0.39, 0.29) is 5.82 Å². The van der Waals surface area contributed by atoms with Gasteiger partial charge in [0.2, 0.25) is 0 Å². The van der Waals surface area contributed by atoms with E-state index in [4.69, 9.17) is 0 Å². The fourth-order valence-electron chi connectivity index (χ4n) is 3.43. The summed E-state index contributed by atoms with van der Waals surface area (Å²) in [4.78, 5) is 0. The van der Waals surface area contributed by atoms with E-state index >= 15 is 0 Å². The van der Waals surface area contributed by atoms with Crippen LogP contribution in [0.2, 0.25) is 0 Å². The number of benzene rings is 2. The maximum atomic E-state index is 13.7. The van der Waals surface area contributed by atoms with Crippen molar-refractivity contribution in [3.63, 3.8) is 0 Å². The van der Waals surface area contributed by atoms with Crippen LogP contribution >= 0.6 is 0 Å². The molecule has 0 spiro atoms. The molecule has 0 radical (unpaired) electrons. The minimum Gasteiger partial charge on any atom is -0.393 e. The molecule has 2 atom stereocenters. The third-order valence-corrected chi connectivity index (χ3v) is 4.46. The number of aliphatic hydroxyl groups excluding tert-OH is 1. The fraction of sp³-hybridized carbons (Fsp3) is 0.368. The molecule has 0 saturated heterocycles. The Balaban J connectivity index is 1.69. The summed E-state index contributed by atoms with van der Waals surface area (Å²) in [5, 5.41) is 10.3. The standard InChI is InChI=1S/C19H21FO/c20-19-11-4-2-7-16(19)13-17(21)12-15-9-5-8-14-6-1-3-10-18(14)15/h1-4,6-7,10-11,15,17,21H,5,8-9,12-13H2. The molecular formula is C19H21FO. The van der Waals surface area contributed by atoms with Gasteiger partial charge in [0.05, 0.1) is 6.10 Å². The van der Waals surface area contributed by atoms with E-state index in [9.17, 15) is 9.50 Å². The summed E-state index contributed by atoms with van der Waals surface area (Å²) in [6.07, 6.45) is 4.05. The zero-order chi connectivity index (χ0) is 14.7. The fourth-order valence-corrected chi connectivity index (χ4v) is 3.43. The first-order valence-corrected chi connectivity index (χ1v) is 7.73. The average molecular weight is 284 g/mol. The van der Waals surface area contributed by atoms with Crippen molar-refractivity contribution in [2.75, 3.05) is 0 Å². The lowest BCUT2D eigenvalue weighted by Crippen LogP contribution is -2.19. The van der Waals surface area contributed by atoms with Crippen LogP contribution in [0, 0.1) is 5.82 Å². The Bertz CT molecular complexity index is 608. The van der Waals surface area contributed by atoms with E-state index < -0.39 is 6.10 Å². The van der Waals surface area contributed by atoms with Crippen molar-refractivity contribution in [2.24, 2.45) is 0 Å². The number of rotatable bonds is 4. The van der Waals surface area contributed by atoms with Gasteiger partial charge in [0, 0.05) is 6.42 Å². The van der Waals surface area contributed by atoms with Crippen molar-refractivity contribution in [3.8, 4) is 0 Å². The molecule has 1 N–H and O–H groups in total. The summed E-state index contributed by atoms with van der Waals surface area (Å²) < 4.78 is 13.7. The van der Waals surface area contributed by atoms with Crippen LogP contribution in [0.1, 0.15) is 41.9 Å². The minimum absolute atomic E-state index is 0.222. The first-order valence-electron chi connectivity index (χ1n) is 7.73. The summed E-state index contributed by atoms with van der Waals surface area (Å²) in [6.45, 7) is 0. The summed E-state index contributed by atoms with van der Waals surface area (Å²) in [5.41, 5.74) is 3.39. The highest BCUT2D eigenvalue weighted by molar-refractivity contribution is 5.32. The molecule has 2 heteroatoms. The Morgan fingerprint density at radius 2 is 1.86 bits per heavy atom. The maximum absolute atomic E-state index is 13.7. The second-order valence-corrected chi connectivity index (χ2v) is 5.97. The van der Waals surface area contributed by atoms with Gasteiger partial charge in [-0.2, -0.15) is 0 Å². The molecule has 0 heterocycles. The largest absolute Gasteiger partial charge is 0.393 e. The highest BCUT2D eigenvalue weighted by Crippen LogP contribution is 2.35. The summed E-state index contributed by atoms with van der Waals surface area (Å²) in [7, 11) is 0. The molecule has 110 valence electrons. The van der Waals surface area contributed by atoms with E-state index in [1.807, 2.05) is 6.07 Å². The molecule has 0 bridgehead atoms. The Morgan fingerprint density at radius 3 is 2.71 bits per heavy atom. The number of halogens is 1.